The van der Waals surface area contributed by atoms with E-state index >= 15 is 0 Å². The molecule has 0 amide bonds. The third-order valence-electron chi connectivity index (χ3n) is 10.4. The lowest BCUT2D eigenvalue weighted by atomic mass is 9.95. The number of para-hydroxylation sites is 1. The number of nitrogens with zero attached hydrogens (tertiary/aromatic N) is 1. The van der Waals surface area contributed by atoms with E-state index in [1.807, 2.05) is 22.7 Å². The first-order valence-electron chi connectivity index (χ1n) is 17.3. The molecule has 0 radical (unpaired) electrons. The van der Waals surface area contributed by atoms with Gasteiger partial charge in [-0.1, -0.05) is 109 Å². The van der Waals surface area contributed by atoms with Crippen LogP contribution < -0.4 is 4.90 Å². The van der Waals surface area contributed by atoms with E-state index in [1.165, 1.54) is 83.8 Å². The van der Waals surface area contributed by atoms with E-state index < -0.39 is 0 Å². The van der Waals surface area contributed by atoms with E-state index in [9.17, 15) is 0 Å². The van der Waals surface area contributed by atoms with Gasteiger partial charge in [0.1, 0.15) is 0 Å². The molecule has 0 atom stereocenters. The van der Waals surface area contributed by atoms with Gasteiger partial charge in [0.2, 0.25) is 0 Å². The zero-order valence-electron chi connectivity index (χ0n) is 27.5. The number of fused-ring (bicyclic) bond motifs is 10. The van der Waals surface area contributed by atoms with E-state index in [4.69, 9.17) is 0 Å². The summed E-state index contributed by atoms with van der Waals surface area (Å²) in [6.07, 6.45) is 0. The van der Waals surface area contributed by atoms with Crippen LogP contribution in [0.25, 0.3) is 83.8 Å². The summed E-state index contributed by atoms with van der Waals surface area (Å²) >= 11 is 3.76. The summed E-state index contributed by atoms with van der Waals surface area (Å²) in [6, 6.07) is 65.0. The fourth-order valence-electron chi connectivity index (χ4n) is 7.99. The Kier molecular flexibility index (Phi) is 6.36. The summed E-state index contributed by atoms with van der Waals surface area (Å²) in [7, 11) is 0. The van der Waals surface area contributed by atoms with Gasteiger partial charge < -0.3 is 4.90 Å². The van der Waals surface area contributed by atoms with Crippen molar-refractivity contribution in [2.45, 2.75) is 0 Å². The van der Waals surface area contributed by atoms with Gasteiger partial charge in [-0.3, -0.25) is 0 Å². The molecule has 11 rings (SSSR count). The second-order valence-electron chi connectivity index (χ2n) is 13.3. The molecule has 9 aromatic carbocycles. The predicted octanol–water partition coefficient (Wildman–Crippen LogP) is 15.0. The third kappa shape index (κ3) is 4.59. The quantitative estimate of drug-likeness (QED) is 0.167. The van der Waals surface area contributed by atoms with Crippen molar-refractivity contribution in [3.63, 3.8) is 0 Å². The van der Waals surface area contributed by atoms with E-state index in [2.05, 4.69) is 181 Å². The molecule has 51 heavy (non-hydrogen) atoms. The molecule has 0 spiro atoms. The van der Waals surface area contributed by atoms with Gasteiger partial charge in [0.25, 0.3) is 0 Å². The summed E-state index contributed by atoms with van der Waals surface area (Å²) in [6.45, 7) is 0. The molecule has 2 aromatic heterocycles. The maximum atomic E-state index is 2.41. The second-order valence-corrected chi connectivity index (χ2v) is 15.5. The van der Waals surface area contributed by atoms with Gasteiger partial charge in [-0.05, 0) is 110 Å². The molecule has 0 saturated heterocycles. The van der Waals surface area contributed by atoms with Crippen LogP contribution in [0.3, 0.4) is 0 Å². The van der Waals surface area contributed by atoms with Crippen molar-refractivity contribution in [2.24, 2.45) is 0 Å². The summed E-state index contributed by atoms with van der Waals surface area (Å²) in [4.78, 5) is 2.41. The minimum atomic E-state index is 1.14. The lowest BCUT2D eigenvalue weighted by Gasteiger charge is -2.25. The number of anilines is 3. The standard InChI is InChI=1S/C48H29NS2/c1-2-12-35(13-3-1)49(37-20-23-41-42-26-31-10-4-5-11-32(31)27-46(42)51-47(41)29-37)36-21-24-44-43(28-36)48-40(15-8-16-45(48)50-44)34-19-22-39-33(25-34)18-17-30-9-6-7-14-38(30)39/h1-29H. The smallest absolute Gasteiger partial charge is 0.0476 e. The Labute approximate surface area is 302 Å². The molecule has 11 aromatic rings. The summed E-state index contributed by atoms with van der Waals surface area (Å²) in [5.41, 5.74) is 5.97. The summed E-state index contributed by atoms with van der Waals surface area (Å²) < 4.78 is 5.23. The van der Waals surface area contributed by atoms with Crippen LogP contribution in [0.1, 0.15) is 0 Å². The zero-order chi connectivity index (χ0) is 33.5. The molecular weight excluding hydrogens is 655 g/mol. The van der Waals surface area contributed by atoms with Crippen LogP contribution in [0.15, 0.2) is 176 Å². The maximum Gasteiger partial charge on any atom is 0.0476 e. The van der Waals surface area contributed by atoms with Crippen LogP contribution in [0.2, 0.25) is 0 Å². The highest BCUT2D eigenvalue weighted by atomic mass is 32.1. The Bertz CT molecular complexity index is 3150. The molecule has 0 aliphatic heterocycles. The molecule has 0 aliphatic rings. The van der Waals surface area contributed by atoms with Crippen molar-refractivity contribution in [1.29, 1.82) is 0 Å². The Morgan fingerprint density at radius 3 is 1.90 bits per heavy atom. The van der Waals surface area contributed by atoms with Gasteiger partial charge in [-0.15, -0.1) is 22.7 Å². The third-order valence-corrected chi connectivity index (χ3v) is 12.6. The van der Waals surface area contributed by atoms with Crippen LogP contribution in [-0.2, 0) is 0 Å². The minimum absolute atomic E-state index is 1.14. The Balaban J connectivity index is 1.09. The van der Waals surface area contributed by atoms with Crippen molar-refractivity contribution in [1.82, 2.24) is 0 Å². The van der Waals surface area contributed by atoms with Crippen LogP contribution in [0, 0.1) is 0 Å². The lowest BCUT2D eigenvalue weighted by Crippen LogP contribution is -2.09. The molecule has 0 aliphatic carbocycles. The fourth-order valence-corrected chi connectivity index (χ4v) is 10.3. The van der Waals surface area contributed by atoms with Crippen molar-refractivity contribution >= 4 is 112 Å². The highest BCUT2D eigenvalue weighted by Gasteiger charge is 2.18. The molecule has 0 saturated carbocycles. The largest absolute Gasteiger partial charge is 0.310 e. The maximum absolute atomic E-state index is 2.41. The van der Waals surface area contributed by atoms with Crippen LogP contribution in [0.5, 0.6) is 0 Å². The Morgan fingerprint density at radius 2 is 1.00 bits per heavy atom. The average molecular weight is 684 g/mol. The molecule has 0 unspecified atom stereocenters. The summed E-state index contributed by atoms with van der Waals surface area (Å²) in [5, 5.41) is 13.0. The molecule has 238 valence electrons. The van der Waals surface area contributed by atoms with E-state index in [1.54, 1.807) is 0 Å². The number of hydrogen-bond donors (Lipinski definition) is 0. The Morgan fingerprint density at radius 1 is 0.314 bits per heavy atom. The lowest BCUT2D eigenvalue weighted by molar-refractivity contribution is 1.30. The van der Waals surface area contributed by atoms with Gasteiger partial charge >= 0.3 is 0 Å². The van der Waals surface area contributed by atoms with E-state index in [0.29, 0.717) is 0 Å². The fraction of sp³-hybridized carbons (Fsp3) is 0. The molecular formula is C48H29NS2. The number of hydrogen-bond acceptors (Lipinski definition) is 3. The first kappa shape index (κ1) is 28.8. The number of thiophene rings is 2. The molecule has 3 heteroatoms. The predicted molar refractivity (Wildman–Crippen MR) is 225 cm³/mol. The van der Waals surface area contributed by atoms with Crippen molar-refractivity contribution in [3.8, 4) is 11.1 Å². The van der Waals surface area contributed by atoms with E-state index in [-0.39, 0.29) is 0 Å². The second kappa shape index (κ2) is 11.3. The number of benzene rings is 9. The highest BCUT2D eigenvalue weighted by molar-refractivity contribution is 7.26. The van der Waals surface area contributed by atoms with Gasteiger partial charge in [-0.25, -0.2) is 0 Å². The minimum Gasteiger partial charge on any atom is -0.310 e. The van der Waals surface area contributed by atoms with Gasteiger partial charge in [0.15, 0.2) is 0 Å². The molecule has 0 bridgehead atoms. The van der Waals surface area contributed by atoms with Gasteiger partial charge in [0, 0.05) is 57.4 Å². The van der Waals surface area contributed by atoms with Crippen LogP contribution in [0.4, 0.5) is 17.1 Å². The topological polar surface area (TPSA) is 3.24 Å². The normalized spacial score (nSPS) is 11.9. The number of rotatable bonds is 4. The molecule has 0 fully saturated rings. The van der Waals surface area contributed by atoms with Gasteiger partial charge in [-0.2, -0.15) is 0 Å². The van der Waals surface area contributed by atoms with E-state index in [0.717, 1.165) is 17.1 Å². The van der Waals surface area contributed by atoms with Crippen LogP contribution >= 0.6 is 22.7 Å². The molecule has 2 heterocycles. The molecule has 1 nitrogen and oxygen atoms in total. The SMILES string of the molecule is c1ccc(N(c2ccc3c(c2)sc2cc4ccccc4cc23)c2ccc3sc4cccc(-c5ccc6c(ccc7ccccc76)c5)c4c3c2)cc1. The highest BCUT2D eigenvalue weighted by Crippen LogP contribution is 2.46. The van der Waals surface area contributed by atoms with Crippen LogP contribution in [-0.4, -0.2) is 0 Å². The van der Waals surface area contributed by atoms with Crippen molar-refractivity contribution < 1.29 is 0 Å². The monoisotopic (exact) mass is 683 g/mol. The summed E-state index contributed by atoms with van der Waals surface area (Å²) in [5.74, 6) is 0. The first-order chi connectivity index (χ1) is 25.2. The average Bonchev–Trinajstić information content (AvgIpc) is 3.74. The first-order valence-corrected chi connectivity index (χ1v) is 19.0. The van der Waals surface area contributed by atoms with Crippen molar-refractivity contribution in [2.75, 3.05) is 4.90 Å². The van der Waals surface area contributed by atoms with Gasteiger partial charge in [0.05, 0.1) is 0 Å². The van der Waals surface area contributed by atoms with Crippen molar-refractivity contribution in [3.05, 3.63) is 176 Å². The Hall–Kier alpha value is -6.00. The molecule has 0 N–H and O–H groups in total. The zero-order valence-corrected chi connectivity index (χ0v) is 29.1.